The van der Waals surface area contributed by atoms with E-state index in [-0.39, 0.29) is 66.1 Å². The average molecular weight is 1330 g/mol. The van der Waals surface area contributed by atoms with E-state index in [0.717, 1.165) is 115 Å². The van der Waals surface area contributed by atoms with Crippen LogP contribution in [0.2, 0.25) is 25.7 Å². The number of likely N-dealkylation sites (tertiary alicyclic amines) is 6. The Morgan fingerprint density at radius 2 is 0.918 bits per heavy atom. The minimum absolute atomic E-state index is 0.0350. The Hall–Kier alpha value is -7.89. The van der Waals surface area contributed by atoms with Gasteiger partial charge in [0.25, 0.3) is 0 Å². The maximum atomic E-state index is 14.1. The lowest BCUT2D eigenvalue weighted by molar-refractivity contribution is 0.0238. The van der Waals surface area contributed by atoms with Crippen molar-refractivity contribution in [1.29, 1.82) is 0 Å². The van der Waals surface area contributed by atoms with Crippen LogP contribution in [0.4, 0.5) is 48.5 Å². The predicted octanol–water partition coefficient (Wildman–Crippen LogP) is 10.2. The van der Waals surface area contributed by atoms with Crippen molar-refractivity contribution in [2.75, 3.05) is 126 Å². The fourth-order valence-corrected chi connectivity index (χ4v) is 21.1. The SMILES string of the molecule is CN1CCC2(O)c3cccc(C45CCN(C)C4Nc4ccccc45)c3NC12.COC(=O)N1CCC2(c3cccc4c3N(C(=O)OCC[Si](C)(C)C)C3N(C)CCC43C)c3ccccc3N(C)C12.COC(=O)N1CCC2(c3cccc4c3NC3N(C)CCC43O)c3ccccc3NC12. The van der Waals surface area contributed by atoms with Crippen molar-refractivity contribution in [3.05, 3.63) is 177 Å². The zero-order valence-corrected chi connectivity index (χ0v) is 58.9. The third-order valence-electron chi connectivity index (χ3n) is 25.1. The molecule has 0 saturated carbocycles. The summed E-state index contributed by atoms with van der Waals surface area (Å²) in [6.45, 7) is 14.5. The number of methoxy groups -OCH3 is 2. The topological polar surface area (TPSA) is 193 Å². The van der Waals surface area contributed by atoms with Crippen LogP contribution in [0.1, 0.15) is 95.5 Å². The molecule has 97 heavy (non-hydrogen) atoms. The fourth-order valence-electron chi connectivity index (χ4n) is 20.4. The maximum absolute atomic E-state index is 14.1. The molecule has 0 radical (unpaired) electrons. The third-order valence-corrected chi connectivity index (χ3v) is 26.8. The molecule has 6 N–H and O–H groups in total. The van der Waals surface area contributed by atoms with Gasteiger partial charge in [0, 0.05) is 99.4 Å². The van der Waals surface area contributed by atoms with Gasteiger partial charge in [-0.3, -0.25) is 34.3 Å². The number of nitrogens with one attached hydrogen (secondary N) is 4. The summed E-state index contributed by atoms with van der Waals surface area (Å²) in [6.07, 6.45) is 3.59. The molecule has 6 aromatic carbocycles. The Balaban J connectivity index is 0.000000117. The molecule has 12 aliphatic heterocycles. The number of anilines is 6. The molecule has 12 unspecified atom stereocenters. The monoisotopic (exact) mass is 1330 g/mol. The number of likely N-dealkylation sites (N-methyl/N-ethyl adjacent to an activating group) is 5. The molecule has 0 spiro atoms. The van der Waals surface area contributed by atoms with E-state index >= 15 is 0 Å². The second-order valence-electron chi connectivity index (χ2n) is 31.0. The molecule has 18 rings (SSSR count). The molecule has 21 heteroatoms. The van der Waals surface area contributed by atoms with Crippen LogP contribution in [-0.2, 0) is 47.1 Å². The van der Waals surface area contributed by atoms with E-state index in [0.29, 0.717) is 26.1 Å². The first-order valence-corrected chi connectivity index (χ1v) is 38.6. The van der Waals surface area contributed by atoms with Crippen LogP contribution in [-0.4, -0.2) is 198 Å². The maximum Gasteiger partial charge on any atom is 0.415 e. The number of para-hydroxylation sites is 6. The van der Waals surface area contributed by atoms with Crippen molar-refractivity contribution in [1.82, 2.24) is 29.4 Å². The molecular formula is C76H94N12O8Si. The number of ether oxygens (including phenoxy) is 3. The largest absolute Gasteiger partial charge is 0.453 e. The minimum atomic E-state index is -1.37. The molecule has 0 aliphatic carbocycles. The van der Waals surface area contributed by atoms with E-state index < -0.39 is 30.1 Å². The van der Waals surface area contributed by atoms with Crippen LogP contribution in [0.25, 0.3) is 0 Å². The van der Waals surface area contributed by atoms with Crippen LogP contribution in [0.15, 0.2) is 127 Å². The van der Waals surface area contributed by atoms with Crippen molar-refractivity contribution >= 4 is 60.5 Å². The highest BCUT2D eigenvalue weighted by Gasteiger charge is 2.65. The number of carbonyl (C=O) groups excluding carboxylic acids is 3. The number of fused-ring (bicyclic) bond motifs is 18. The molecule has 12 heterocycles. The zero-order chi connectivity index (χ0) is 67.7. The molecule has 0 aromatic heterocycles. The first-order valence-electron chi connectivity index (χ1n) is 34.9. The van der Waals surface area contributed by atoms with Gasteiger partial charge in [0.05, 0.1) is 48.9 Å². The van der Waals surface area contributed by atoms with E-state index in [2.05, 4.69) is 204 Å². The number of amides is 3. The van der Waals surface area contributed by atoms with E-state index in [1.54, 1.807) is 4.90 Å². The minimum Gasteiger partial charge on any atom is -0.453 e. The van der Waals surface area contributed by atoms with Gasteiger partial charge in [-0.05, 0) is 130 Å². The molecule has 20 nitrogen and oxygen atoms in total. The van der Waals surface area contributed by atoms with E-state index in [9.17, 15) is 24.6 Å². The van der Waals surface area contributed by atoms with Gasteiger partial charge in [-0.25, -0.2) is 14.4 Å². The lowest BCUT2D eigenvalue weighted by Gasteiger charge is -2.39. The summed E-state index contributed by atoms with van der Waals surface area (Å²) in [4.78, 5) is 56.7. The smallest absolute Gasteiger partial charge is 0.415 e. The molecule has 510 valence electrons. The van der Waals surface area contributed by atoms with Crippen LogP contribution in [0.5, 0.6) is 0 Å². The highest BCUT2D eigenvalue weighted by molar-refractivity contribution is 6.76. The van der Waals surface area contributed by atoms with Gasteiger partial charge in [0.1, 0.15) is 42.0 Å². The normalized spacial score (nSPS) is 32.4. The van der Waals surface area contributed by atoms with E-state index in [4.69, 9.17) is 14.2 Å². The zero-order valence-electron chi connectivity index (χ0n) is 57.9. The number of nitrogens with zero attached hydrogens (tertiary/aromatic N) is 8. The number of carbonyl (C=O) groups is 3. The number of hydrogen-bond acceptors (Lipinski definition) is 17. The van der Waals surface area contributed by atoms with Gasteiger partial charge < -0.3 is 50.6 Å². The Kier molecular flexibility index (Phi) is 14.8. The van der Waals surface area contributed by atoms with Crippen LogP contribution >= 0.6 is 0 Å². The van der Waals surface area contributed by atoms with Gasteiger partial charge in [-0.15, -0.1) is 0 Å². The predicted molar refractivity (Wildman–Crippen MR) is 380 cm³/mol. The van der Waals surface area contributed by atoms with Crippen molar-refractivity contribution in [2.45, 2.75) is 141 Å². The number of aliphatic hydroxyl groups is 2. The van der Waals surface area contributed by atoms with Gasteiger partial charge in [-0.2, -0.15) is 0 Å². The van der Waals surface area contributed by atoms with Crippen LogP contribution in [0, 0.1) is 0 Å². The molecule has 6 fully saturated rings. The summed E-state index contributed by atoms with van der Waals surface area (Å²) in [5.74, 6) is 0. The average Bonchev–Trinajstić information content (AvgIpc) is 1.51. The number of rotatable bonds is 6. The first-order chi connectivity index (χ1) is 46.5. The molecule has 3 amide bonds. The second-order valence-corrected chi connectivity index (χ2v) is 36.7. The molecule has 12 aliphatic rings. The van der Waals surface area contributed by atoms with Gasteiger partial charge in [0.15, 0.2) is 0 Å². The van der Waals surface area contributed by atoms with E-state index in [1.807, 2.05) is 41.1 Å². The molecule has 12 atom stereocenters. The van der Waals surface area contributed by atoms with Gasteiger partial charge in [0.2, 0.25) is 0 Å². The standard InChI is InChI=1S/C31H42N4O4Si.C23H26N4O3.C22H26N4O/c1-30-15-17-32(2)26(30)35(29(37)39-19-20-40(5,6)7)25-22(30)12-10-13-23(25)31-16-18-34(28(36)38-4)27(31)33(3)24-14-9-8-11-21(24)31;1-26-12-11-23(29)16-8-5-7-15(18(16)25-20(23)26)22-10-13-27(21(28)30-2)19(22)24-17-9-4-3-6-14(17)22;1-25-12-10-21(14-6-3-4-9-17(14)23-19(21)25)15-7-5-8-16-18(15)24-20-22(16,27)11-13-26(20)2/h8-14,26-27H,15-20H2,1-7H3;3-9,19-20,24-25,29H,10-13H2,1-2H3;3-9,19-20,23-24,27H,10-13H2,1-2H3. The summed E-state index contributed by atoms with van der Waals surface area (Å²) >= 11 is 0. The molecule has 0 bridgehead atoms. The van der Waals surface area contributed by atoms with Crippen LogP contribution in [0.3, 0.4) is 0 Å². The highest BCUT2D eigenvalue weighted by Crippen LogP contribution is 2.64. The summed E-state index contributed by atoms with van der Waals surface area (Å²) < 4.78 is 16.4. The summed E-state index contributed by atoms with van der Waals surface area (Å²) in [6, 6.07) is 45.6. The fraction of sp³-hybridized carbons (Fsp3) is 0.487. The quantitative estimate of drug-likeness (QED) is 0.0681. The summed E-state index contributed by atoms with van der Waals surface area (Å²) in [7, 11) is 12.0. The first kappa shape index (κ1) is 63.8. The Morgan fingerprint density at radius 3 is 1.52 bits per heavy atom. The molecule has 6 saturated heterocycles. The third kappa shape index (κ3) is 8.82. The van der Waals surface area contributed by atoms with Gasteiger partial charge >= 0.3 is 18.3 Å². The second kappa shape index (κ2) is 22.6. The lowest BCUT2D eigenvalue weighted by Crippen LogP contribution is -2.52. The van der Waals surface area contributed by atoms with Crippen molar-refractivity contribution in [3.63, 3.8) is 0 Å². The molecule has 6 aromatic rings. The Morgan fingerprint density at radius 1 is 0.464 bits per heavy atom. The number of hydrogen-bond donors (Lipinski definition) is 6. The van der Waals surface area contributed by atoms with Crippen molar-refractivity contribution in [2.24, 2.45) is 0 Å². The molecular weight excluding hydrogens is 1240 g/mol. The Bertz CT molecular complexity index is 4190. The summed E-state index contributed by atoms with van der Waals surface area (Å²) in [5, 5.41) is 37.7. The highest BCUT2D eigenvalue weighted by atomic mass is 28.3. The van der Waals surface area contributed by atoms with Crippen LogP contribution < -0.4 is 31.1 Å². The Labute approximate surface area is 570 Å². The lowest BCUT2D eigenvalue weighted by atomic mass is 9.71. The summed E-state index contributed by atoms with van der Waals surface area (Å²) in [5.41, 5.74) is 14.1. The number of benzene rings is 6. The van der Waals surface area contributed by atoms with Crippen molar-refractivity contribution < 1.29 is 38.8 Å². The van der Waals surface area contributed by atoms with Gasteiger partial charge in [-0.1, -0.05) is 136 Å². The van der Waals surface area contributed by atoms with Crippen molar-refractivity contribution in [3.8, 4) is 0 Å². The van der Waals surface area contributed by atoms with E-state index in [1.165, 1.54) is 47.7 Å².